The highest BCUT2D eigenvalue weighted by Crippen LogP contribution is 2.21. The Kier molecular flexibility index (Phi) is 5.14. The van der Waals surface area contributed by atoms with Crippen LogP contribution in [0.1, 0.15) is 46.0 Å². The summed E-state index contributed by atoms with van der Waals surface area (Å²) < 4.78 is 0. The van der Waals surface area contributed by atoms with Crippen molar-refractivity contribution in [3.05, 3.63) is 0 Å². The molecule has 0 saturated heterocycles. The highest BCUT2D eigenvalue weighted by Gasteiger charge is 2.28. The van der Waals surface area contributed by atoms with E-state index in [1.54, 1.807) is 18.7 Å². The van der Waals surface area contributed by atoms with E-state index in [2.05, 4.69) is 5.32 Å². The number of rotatable bonds is 5. The molecule has 104 valence electrons. The van der Waals surface area contributed by atoms with Crippen molar-refractivity contribution in [3.63, 3.8) is 0 Å². The Labute approximate surface area is 109 Å². The van der Waals surface area contributed by atoms with Crippen LogP contribution in [0.5, 0.6) is 0 Å². The third-order valence-corrected chi connectivity index (χ3v) is 3.73. The summed E-state index contributed by atoms with van der Waals surface area (Å²) in [7, 11) is 1.81. The van der Waals surface area contributed by atoms with Gasteiger partial charge in [0.1, 0.15) is 5.54 Å². The van der Waals surface area contributed by atoms with Crippen LogP contribution < -0.4 is 5.32 Å². The first kappa shape index (κ1) is 15.0. The van der Waals surface area contributed by atoms with Crippen molar-refractivity contribution in [2.24, 2.45) is 0 Å². The van der Waals surface area contributed by atoms with Gasteiger partial charge in [-0.05, 0) is 26.7 Å². The molecular weight excluding hydrogens is 232 g/mol. The standard InChI is InChI=1S/C13H24N2O3/c1-13(2,12(17)18)14-9-11(16)15(3)10-7-5-4-6-8-10/h10,14H,4-9H2,1-3H3,(H,17,18). The average molecular weight is 256 g/mol. The first-order chi connectivity index (χ1) is 8.34. The van der Waals surface area contributed by atoms with Crippen molar-refractivity contribution in [2.75, 3.05) is 13.6 Å². The Morgan fingerprint density at radius 2 is 1.83 bits per heavy atom. The van der Waals surface area contributed by atoms with E-state index in [0.29, 0.717) is 6.04 Å². The lowest BCUT2D eigenvalue weighted by Crippen LogP contribution is -2.52. The summed E-state index contributed by atoms with van der Waals surface area (Å²) in [4.78, 5) is 24.7. The second-order valence-corrected chi connectivity index (χ2v) is 5.58. The number of nitrogens with one attached hydrogen (secondary N) is 1. The van der Waals surface area contributed by atoms with E-state index in [1.807, 2.05) is 7.05 Å². The number of carbonyl (C=O) groups is 2. The maximum atomic E-state index is 12.0. The second-order valence-electron chi connectivity index (χ2n) is 5.58. The molecule has 0 aromatic carbocycles. The summed E-state index contributed by atoms with van der Waals surface area (Å²) in [6, 6.07) is 0.320. The quantitative estimate of drug-likeness (QED) is 0.776. The molecule has 2 N–H and O–H groups in total. The van der Waals surface area contributed by atoms with Crippen LogP contribution in [0, 0.1) is 0 Å². The lowest BCUT2D eigenvalue weighted by molar-refractivity contribution is -0.143. The Morgan fingerprint density at radius 1 is 1.28 bits per heavy atom. The van der Waals surface area contributed by atoms with E-state index >= 15 is 0 Å². The topological polar surface area (TPSA) is 69.6 Å². The predicted molar refractivity (Wildman–Crippen MR) is 69.4 cm³/mol. The summed E-state index contributed by atoms with van der Waals surface area (Å²) in [5.41, 5.74) is -1.07. The van der Waals surface area contributed by atoms with E-state index in [0.717, 1.165) is 12.8 Å². The van der Waals surface area contributed by atoms with Crippen LogP contribution in [0.2, 0.25) is 0 Å². The molecule has 18 heavy (non-hydrogen) atoms. The zero-order chi connectivity index (χ0) is 13.8. The molecule has 0 radical (unpaired) electrons. The fourth-order valence-corrected chi connectivity index (χ4v) is 2.17. The van der Waals surface area contributed by atoms with E-state index in [1.165, 1.54) is 19.3 Å². The van der Waals surface area contributed by atoms with Crippen molar-refractivity contribution < 1.29 is 14.7 Å². The van der Waals surface area contributed by atoms with E-state index < -0.39 is 11.5 Å². The van der Waals surface area contributed by atoms with Crippen molar-refractivity contribution in [1.82, 2.24) is 10.2 Å². The van der Waals surface area contributed by atoms with Gasteiger partial charge in [-0.25, -0.2) is 0 Å². The largest absolute Gasteiger partial charge is 0.480 e. The lowest BCUT2D eigenvalue weighted by Gasteiger charge is -2.32. The van der Waals surface area contributed by atoms with Gasteiger partial charge in [-0.3, -0.25) is 14.9 Å². The molecule has 1 aliphatic carbocycles. The Balaban J connectivity index is 2.42. The van der Waals surface area contributed by atoms with Crippen molar-refractivity contribution in [2.45, 2.75) is 57.5 Å². The van der Waals surface area contributed by atoms with E-state index in [4.69, 9.17) is 5.11 Å². The number of carboxylic acid groups (broad SMARTS) is 1. The zero-order valence-corrected chi connectivity index (χ0v) is 11.5. The summed E-state index contributed by atoms with van der Waals surface area (Å²) in [6.45, 7) is 3.19. The van der Waals surface area contributed by atoms with Gasteiger partial charge in [0.15, 0.2) is 0 Å². The molecule has 1 rings (SSSR count). The minimum Gasteiger partial charge on any atom is -0.480 e. The van der Waals surface area contributed by atoms with Gasteiger partial charge in [0.25, 0.3) is 0 Å². The Morgan fingerprint density at radius 3 is 2.33 bits per heavy atom. The number of carboxylic acids is 1. The summed E-state index contributed by atoms with van der Waals surface area (Å²) in [5, 5.41) is 11.7. The number of hydrogen-bond donors (Lipinski definition) is 2. The van der Waals surface area contributed by atoms with Gasteiger partial charge >= 0.3 is 5.97 Å². The molecule has 0 atom stereocenters. The van der Waals surface area contributed by atoms with Crippen molar-refractivity contribution in [3.8, 4) is 0 Å². The number of hydrogen-bond acceptors (Lipinski definition) is 3. The molecule has 0 unspecified atom stereocenters. The molecule has 0 aliphatic heterocycles. The predicted octanol–water partition coefficient (Wildman–Crippen LogP) is 1.23. The molecule has 1 aliphatic rings. The summed E-state index contributed by atoms with van der Waals surface area (Å²) >= 11 is 0. The van der Waals surface area contributed by atoms with Crippen LogP contribution in [0.3, 0.4) is 0 Å². The monoisotopic (exact) mass is 256 g/mol. The number of likely N-dealkylation sites (N-methyl/N-ethyl adjacent to an activating group) is 1. The molecule has 1 saturated carbocycles. The minimum absolute atomic E-state index is 0.0313. The molecule has 1 amide bonds. The Hall–Kier alpha value is -1.10. The smallest absolute Gasteiger partial charge is 0.323 e. The van der Waals surface area contributed by atoms with Gasteiger partial charge < -0.3 is 10.0 Å². The number of nitrogens with zero attached hydrogens (tertiary/aromatic N) is 1. The SMILES string of the molecule is CN(C(=O)CNC(C)(C)C(=O)O)C1CCCCC1. The maximum absolute atomic E-state index is 12.0. The minimum atomic E-state index is -1.07. The number of carbonyl (C=O) groups excluding carboxylic acids is 1. The van der Waals surface area contributed by atoms with Crippen molar-refractivity contribution in [1.29, 1.82) is 0 Å². The molecule has 0 aromatic heterocycles. The van der Waals surface area contributed by atoms with Gasteiger partial charge in [0, 0.05) is 13.1 Å². The molecule has 1 fully saturated rings. The first-order valence-electron chi connectivity index (χ1n) is 6.58. The third kappa shape index (κ3) is 3.98. The molecule has 0 heterocycles. The summed E-state index contributed by atoms with van der Waals surface area (Å²) in [6.07, 6.45) is 5.73. The van der Waals surface area contributed by atoms with Crippen LogP contribution in [0.25, 0.3) is 0 Å². The number of amides is 1. The van der Waals surface area contributed by atoms with Crippen LogP contribution in [0.4, 0.5) is 0 Å². The van der Waals surface area contributed by atoms with Crippen LogP contribution in [-0.2, 0) is 9.59 Å². The van der Waals surface area contributed by atoms with Gasteiger partial charge in [-0.1, -0.05) is 19.3 Å². The van der Waals surface area contributed by atoms with Crippen LogP contribution in [0.15, 0.2) is 0 Å². The van der Waals surface area contributed by atoms with Gasteiger partial charge in [0.2, 0.25) is 5.91 Å². The fraction of sp³-hybridized carbons (Fsp3) is 0.846. The van der Waals surface area contributed by atoms with Crippen LogP contribution in [-0.4, -0.2) is 47.1 Å². The van der Waals surface area contributed by atoms with Gasteiger partial charge in [-0.2, -0.15) is 0 Å². The van der Waals surface area contributed by atoms with E-state index in [-0.39, 0.29) is 12.5 Å². The highest BCUT2D eigenvalue weighted by molar-refractivity contribution is 5.81. The molecule has 0 bridgehead atoms. The van der Waals surface area contributed by atoms with E-state index in [9.17, 15) is 9.59 Å². The van der Waals surface area contributed by atoms with Gasteiger partial charge in [0.05, 0.1) is 6.54 Å². The molecular formula is C13H24N2O3. The van der Waals surface area contributed by atoms with Gasteiger partial charge in [-0.15, -0.1) is 0 Å². The molecule has 5 heteroatoms. The average Bonchev–Trinajstić information content (AvgIpc) is 2.36. The fourth-order valence-electron chi connectivity index (χ4n) is 2.17. The first-order valence-corrected chi connectivity index (χ1v) is 6.58. The molecule has 5 nitrogen and oxygen atoms in total. The highest BCUT2D eigenvalue weighted by atomic mass is 16.4. The Bertz CT molecular complexity index is 309. The molecule has 0 aromatic rings. The molecule has 0 spiro atoms. The maximum Gasteiger partial charge on any atom is 0.323 e. The summed E-state index contributed by atoms with van der Waals surface area (Å²) in [5.74, 6) is -0.980. The normalized spacial score (nSPS) is 17.5. The van der Waals surface area contributed by atoms with Crippen LogP contribution >= 0.6 is 0 Å². The number of aliphatic carboxylic acids is 1. The zero-order valence-electron chi connectivity index (χ0n) is 11.5. The second kappa shape index (κ2) is 6.18. The van der Waals surface area contributed by atoms with Crippen molar-refractivity contribution >= 4 is 11.9 Å². The lowest BCUT2D eigenvalue weighted by atomic mass is 9.94. The third-order valence-electron chi connectivity index (χ3n) is 3.73.